The molecule has 2 N–H and O–H groups in total. The van der Waals surface area contributed by atoms with Crippen molar-refractivity contribution in [1.82, 2.24) is 15.1 Å². The van der Waals surface area contributed by atoms with Gasteiger partial charge in [0.1, 0.15) is 0 Å². The molecule has 0 aliphatic heterocycles. The summed E-state index contributed by atoms with van der Waals surface area (Å²) in [6.07, 6.45) is 3.95. The van der Waals surface area contributed by atoms with Crippen LogP contribution >= 0.6 is 11.6 Å². The second-order valence-corrected chi connectivity index (χ2v) is 6.16. The third kappa shape index (κ3) is 3.77. The number of hydrogen-bond donors (Lipinski definition) is 2. The SMILES string of the molecule is CCn1nc(C)c(Cl)c1CNCC1CCCCC1C(=O)O. The fourth-order valence-electron chi connectivity index (χ4n) is 3.19. The van der Waals surface area contributed by atoms with Crippen molar-refractivity contribution in [2.24, 2.45) is 11.8 Å². The van der Waals surface area contributed by atoms with Crippen molar-refractivity contribution in [2.45, 2.75) is 52.6 Å². The highest BCUT2D eigenvalue weighted by molar-refractivity contribution is 6.31. The van der Waals surface area contributed by atoms with Crippen LogP contribution in [-0.2, 0) is 17.9 Å². The normalized spacial score (nSPS) is 22.4. The maximum atomic E-state index is 11.3. The van der Waals surface area contributed by atoms with Crippen LogP contribution in [0.3, 0.4) is 0 Å². The molecular formula is C15H24ClN3O2. The summed E-state index contributed by atoms with van der Waals surface area (Å²) in [5, 5.41) is 17.8. The van der Waals surface area contributed by atoms with Crippen LogP contribution in [0.1, 0.15) is 44.0 Å². The van der Waals surface area contributed by atoms with E-state index in [4.69, 9.17) is 11.6 Å². The smallest absolute Gasteiger partial charge is 0.306 e. The van der Waals surface area contributed by atoms with Gasteiger partial charge in [0.25, 0.3) is 0 Å². The monoisotopic (exact) mass is 313 g/mol. The van der Waals surface area contributed by atoms with E-state index in [1.54, 1.807) is 0 Å². The van der Waals surface area contributed by atoms with E-state index in [0.29, 0.717) is 11.6 Å². The Labute approximate surface area is 130 Å². The number of hydrogen-bond acceptors (Lipinski definition) is 3. The van der Waals surface area contributed by atoms with Crippen LogP contribution in [0.5, 0.6) is 0 Å². The molecule has 21 heavy (non-hydrogen) atoms. The molecule has 6 heteroatoms. The van der Waals surface area contributed by atoms with Gasteiger partial charge in [-0.3, -0.25) is 9.48 Å². The van der Waals surface area contributed by atoms with Crippen LogP contribution in [0.25, 0.3) is 0 Å². The fourth-order valence-corrected chi connectivity index (χ4v) is 3.39. The molecule has 1 aliphatic carbocycles. The number of halogens is 1. The minimum absolute atomic E-state index is 0.209. The zero-order valence-electron chi connectivity index (χ0n) is 12.7. The number of carboxylic acid groups (broad SMARTS) is 1. The Kier molecular flexibility index (Phi) is 5.65. The van der Waals surface area contributed by atoms with Crippen LogP contribution in [0.4, 0.5) is 0 Å². The Morgan fingerprint density at radius 1 is 1.48 bits per heavy atom. The van der Waals surface area contributed by atoms with E-state index in [1.807, 2.05) is 18.5 Å². The molecule has 0 spiro atoms. The quantitative estimate of drug-likeness (QED) is 0.847. The van der Waals surface area contributed by atoms with Gasteiger partial charge in [-0.25, -0.2) is 0 Å². The number of carboxylic acids is 1. The molecule has 118 valence electrons. The molecule has 1 aromatic heterocycles. The number of aryl methyl sites for hydroxylation is 2. The average Bonchev–Trinajstić information content (AvgIpc) is 2.75. The fraction of sp³-hybridized carbons (Fsp3) is 0.733. The Balaban J connectivity index is 1.93. The van der Waals surface area contributed by atoms with Gasteiger partial charge in [0.05, 0.1) is 22.3 Å². The summed E-state index contributed by atoms with van der Waals surface area (Å²) < 4.78 is 1.90. The van der Waals surface area contributed by atoms with Crippen molar-refractivity contribution in [1.29, 1.82) is 0 Å². The zero-order valence-corrected chi connectivity index (χ0v) is 13.5. The lowest BCUT2D eigenvalue weighted by Gasteiger charge is -2.28. The third-order valence-corrected chi connectivity index (χ3v) is 4.87. The first kappa shape index (κ1) is 16.3. The Hall–Kier alpha value is -1.07. The van der Waals surface area contributed by atoms with Gasteiger partial charge in [0.2, 0.25) is 0 Å². The van der Waals surface area contributed by atoms with Crippen LogP contribution in [-0.4, -0.2) is 27.4 Å². The van der Waals surface area contributed by atoms with Gasteiger partial charge in [-0.05, 0) is 39.2 Å². The van der Waals surface area contributed by atoms with Crippen LogP contribution in [0.15, 0.2) is 0 Å². The molecule has 1 heterocycles. The van der Waals surface area contributed by atoms with E-state index in [2.05, 4.69) is 10.4 Å². The van der Waals surface area contributed by atoms with Crippen molar-refractivity contribution in [3.05, 3.63) is 16.4 Å². The minimum atomic E-state index is -0.658. The third-order valence-electron chi connectivity index (χ3n) is 4.38. The largest absolute Gasteiger partial charge is 0.481 e. The number of aromatic nitrogens is 2. The number of nitrogens with zero attached hydrogens (tertiary/aromatic N) is 2. The summed E-state index contributed by atoms with van der Waals surface area (Å²) in [6.45, 7) is 6.08. The van der Waals surface area contributed by atoms with Crippen molar-refractivity contribution in [2.75, 3.05) is 6.54 Å². The number of carbonyl (C=O) groups is 1. The Morgan fingerprint density at radius 2 is 2.19 bits per heavy atom. The van der Waals surface area contributed by atoms with Gasteiger partial charge in [-0.15, -0.1) is 0 Å². The lowest BCUT2D eigenvalue weighted by Crippen LogP contribution is -2.34. The Morgan fingerprint density at radius 3 is 2.86 bits per heavy atom. The molecule has 1 fully saturated rings. The van der Waals surface area contributed by atoms with Crippen molar-refractivity contribution in [3.8, 4) is 0 Å². The predicted molar refractivity (Wildman–Crippen MR) is 82.4 cm³/mol. The van der Waals surface area contributed by atoms with E-state index >= 15 is 0 Å². The summed E-state index contributed by atoms with van der Waals surface area (Å²) in [5.74, 6) is -0.650. The molecule has 0 saturated heterocycles. The van der Waals surface area contributed by atoms with Crippen LogP contribution < -0.4 is 5.32 Å². The molecule has 1 saturated carbocycles. The molecule has 0 amide bonds. The zero-order chi connectivity index (χ0) is 15.4. The maximum absolute atomic E-state index is 11.3. The summed E-state index contributed by atoms with van der Waals surface area (Å²) in [6, 6.07) is 0. The van der Waals surface area contributed by atoms with E-state index in [9.17, 15) is 9.90 Å². The standard InChI is InChI=1S/C15H24ClN3O2/c1-3-19-13(14(16)10(2)18-19)9-17-8-11-6-4-5-7-12(11)15(20)21/h11-12,17H,3-9H2,1-2H3,(H,20,21). The van der Waals surface area contributed by atoms with Gasteiger partial charge in [-0.1, -0.05) is 24.4 Å². The molecule has 0 aromatic carbocycles. The second-order valence-electron chi connectivity index (χ2n) is 5.78. The molecule has 2 atom stereocenters. The van der Waals surface area contributed by atoms with E-state index in [0.717, 1.165) is 50.2 Å². The number of rotatable bonds is 6. The van der Waals surface area contributed by atoms with Gasteiger partial charge in [0, 0.05) is 13.1 Å². The first-order valence-corrected chi connectivity index (χ1v) is 8.07. The molecule has 1 aromatic rings. The lowest BCUT2D eigenvalue weighted by molar-refractivity contribution is -0.144. The van der Waals surface area contributed by atoms with E-state index in [-0.39, 0.29) is 11.8 Å². The first-order valence-electron chi connectivity index (χ1n) is 7.69. The second kappa shape index (κ2) is 7.27. The summed E-state index contributed by atoms with van der Waals surface area (Å²) in [4.78, 5) is 11.3. The minimum Gasteiger partial charge on any atom is -0.481 e. The predicted octanol–water partition coefficient (Wildman–Crippen LogP) is 2.85. The van der Waals surface area contributed by atoms with Crippen molar-refractivity contribution >= 4 is 17.6 Å². The molecular weight excluding hydrogens is 290 g/mol. The highest BCUT2D eigenvalue weighted by Gasteiger charge is 2.30. The van der Waals surface area contributed by atoms with Gasteiger partial charge < -0.3 is 10.4 Å². The molecule has 1 aliphatic rings. The van der Waals surface area contributed by atoms with E-state index in [1.165, 1.54) is 0 Å². The number of aliphatic carboxylic acids is 1. The molecule has 5 nitrogen and oxygen atoms in total. The Bertz CT molecular complexity index is 501. The summed E-state index contributed by atoms with van der Waals surface area (Å²) >= 11 is 6.28. The van der Waals surface area contributed by atoms with Gasteiger partial charge >= 0.3 is 5.97 Å². The molecule has 0 radical (unpaired) electrons. The number of nitrogens with one attached hydrogen (secondary N) is 1. The molecule has 2 unspecified atom stereocenters. The van der Waals surface area contributed by atoms with Crippen molar-refractivity contribution < 1.29 is 9.90 Å². The highest BCUT2D eigenvalue weighted by atomic mass is 35.5. The van der Waals surface area contributed by atoms with Gasteiger partial charge in [-0.2, -0.15) is 5.10 Å². The summed E-state index contributed by atoms with van der Waals surface area (Å²) in [7, 11) is 0. The highest BCUT2D eigenvalue weighted by Crippen LogP contribution is 2.30. The van der Waals surface area contributed by atoms with Crippen molar-refractivity contribution in [3.63, 3.8) is 0 Å². The molecule has 0 bridgehead atoms. The van der Waals surface area contributed by atoms with Gasteiger partial charge in [0.15, 0.2) is 0 Å². The van der Waals surface area contributed by atoms with E-state index < -0.39 is 5.97 Å². The topological polar surface area (TPSA) is 67.2 Å². The maximum Gasteiger partial charge on any atom is 0.306 e. The summed E-state index contributed by atoms with van der Waals surface area (Å²) in [5.41, 5.74) is 1.83. The average molecular weight is 314 g/mol. The first-order chi connectivity index (χ1) is 10.0. The molecule has 2 rings (SSSR count). The lowest BCUT2D eigenvalue weighted by atomic mass is 9.79. The van der Waals surface area contributed by atoms with Crippen LogP contribution in [0, 0.1) is 18.8 Å². The van der Waals surface area contributed by atoms with Crippen LogP contribution in [0.2, 0.25) is 5.02 Å².